The average Bonchev–Trinajstić information content (AvgIpc) is 3.06. The smallest absolute Gasteiger partial charge is 0.315 e. The maximum absolute atomic E-state index is 13.7. The second kappa shape index (κ2) is 11.9. The van der Waals surface area contributed by atoms with Crippen LogP contribution in [0, 0.1) is 35.2 Å². The predicted octanol–water partition coefficient (Wildman–Crippen LogP) is 3.24. The van der Waals surface area contributed by atoms with Gasteiger partial charge in [0.1, 0.15) is 0 Å². The van der Waals surface area contributed by atoms with Gasteiger partial charge < -0.3 is 26.2 Å². The fraction of sp³-hybridized carbons (Fsp3) is 0.462. The molecular weight excluding hydrogens is 575 g/mol. The van der Waals surface area contributed by atoms with Crippen molar-refractivity contribution >= 4 is 39.1 Å². The van der Waals surface area contributed by atoms with Crippen LogP contribution in [-0.2, 0) is 9.84 Å². The second-order valence-electron chi connectivity index (χ2n) is 10.3. The van der Waals surface area contributed by atoms with Crippen molar-refractivity contribution < 1.29 is 41.4 Å². The van der Waals surface area contributed by atoms with Crippen LogP contribution in [0.5, 0.6) is 0 Å². The first-order valence-electron chi connectivity index (χ1n) is 12.6. The number of hydrogen-bond donors (Lipinski definition) is 5. The fourth-order valence-corrected chi connectivity index (χ4v) is 8.10. The number of aliphatic hydroxyl groups excluding tert-OH is 2. The summed E-state index contributed by atoms with van der Waals surface area (Å²) in [5.74, 6) is -5.73. The molecule has 2 bridgehead atoms. The van der Waals surface area contributed by atoms with E-state index in [1.807, 2.05) is 6.92 Å². The van der Waals surface area contributed by atoms with E-state index in [-0.39, 0.29) is 64.4 Å². The second-order valence-corrected chi connectivity index (χ2v) is 12.9. The van der Waals surface area contributed by atoms with Gasteiger partial charge in [-0.25, -0.2) is 26.4 Å². The van der Waals surface area contributed by atoms with Gasteiger partial charge in [0.15, 0.2) is 27.3 Å². The molecule has 3 unspecified atom stereocenters. The highest BCUT2D eigenvalue weighted by Gasteiger charge is 2.50. The van der Waals surface area contributed by atoms with Gasteiger partial charge in [0.05, 0.1) is 27.9 Å². The minimum absolute atomic E-state index is 0.0992. The largest absolute Gasteiger partial charge is 0.394 e. The molecule has 4 rings (SSSR count). The zero-order valence-electron chi connectivity index (χ0n) is 21.3. The van der Waals surface area contributed by atoms with Crippen molar-refractivity contribution in [3.05, 3.63) is 58.4 Å². The van der Waals surface area contributed by atoms with E-state index in [9.17, 15) is 36.3 Å². The minimum atomic E-state index is -4.04. The number of carbonyl (C=O) groups excluding carboxylic acids is 2. The standard InChI is InChI=1S/C26H29ClF3N3O6S/c1-12-4-14-5-17(9-18(12)24(14)33-26(37)31-10-16(35)11-34)40(38,39)22-6-13(2-3-19(22)27)25(36)32-15-7-20(28)23(30)21(29)8-15/h2-3,6-8,12,14,16-18,24,34-35H,4-5,9-11H2,1H3,(H,32,36)(H2,31,33,37)/t12-,14?,16?,17+,18+,24?/m0/s1. The van der Waals surface area contributed by atoms with Crippen molar-refractivity contribution in [1.29, 1.82) is 0 Å². The molecule has 2 aliphatic rings. The van der Waals surface area contributed by atoms with Crippen molar-refractivity contribution in [2.75, 3.05) is 18.5 Å². The van der Waals surface area contributed by atoms with Crippen LogP contribution in [0.2, 0.25) is 5.02 Å². The SMILES string of the molecule is C[C@H]1CC2C[C@@H](S(=O)(=O)c3cc(C(=O)Nc4cc(F)c(F)c(F)c4)ccc3Cl)C[C@H]1C2NC(=O)NCC(O)CO. The van der Waals surface area contributed by atoms with Crippen LogP contribution < -0.4 is 16.0 Å². The summed E-state index contributed by atoms with van der Waals surface area (Å²) in [6.07, 6.45) is 0.0872. The molecule has 40 heavy (non-hydrogen) atoms. The van der Waals surface area contributed by atoms with Crippen LogP contribution >= 0.6 is 11.6 Å². The molecule has 2 saturated carbocycles. The molecule has 0 saturated heterocycles. The number of halogens is 4. The number of carbonyl (C=O) groups is 2. The first-order chi connectivity index (χ1) is 18.8. The highest BCUT2D eigenvalue weighted by molar-refractivity contribution is 7.92. The van der Waals surface area contributed by atoms with Crippen LogP contribution in [0.1, 0.15) is 36.5 Å². The van der Waals surface area contributed by atoms with Crippen molar-refractivity contribution in [2.45, 2.75) is 48.5 Å². The van der Waals surface area contributed by atoms with Crippen molar-refractivity contribution in [2.24, 2.45) is 17.8 Å². The fourth-order valence-electron chi connectivity index (χ4n) is 5.69. The third-order valence-corrected chi connectivity index (χ3v) is 10.3. The van der Waals surface area contributed by atoms with Gasteiger partial charge in [-0.15, -0.1) is 0 Å². The van der Waals surface area contributed by atoms with E-state index in [4.69, 9.17) is 16.7 Å². The molecular formula is C26H29ClF3N3O6S. The molecule has 0 spiro atoms. The van der Waals surface area contributed by atoms with Crippen molar-refractivity contribution in [3.8, 4) is 0 Å². The summed E-state index contributed by atoms with van der Waals surface area (Å²) >= 11 is 6.26. The van der Waals surface area contributed by atoms with E-state index in [1.165, 1.54) is 12.1 Å². The van der Waals surface area contributed by atoms with E-state index < -0.39 is 57.2 Å². The highest BCUT2D eigenvalue weighted by atomic mass is 35.5. The summed E-state index contributed by atoms with van der Waals surface area (Å²) in [6, 6.07) is 3.99. The molecule has 0 heterocycles. The lowest BCUT2D eigenvalue weighted by Gasteiger charge is -2.36. The Morgan fingerprint density at radius 2 is 1.77 bits per heavy atom. The number of amides is 3. The number of aliphatic hydroxyl groups is 2. The molecule has 2 aliphatic carbocycles. The first kappa shape index (κ1) is 30.1. The molecule has 0 aliphatic heterocycles. The maximum Gasteiger partial charge on any atom is 0.315 e. The molecule has 0 aromatic heterocycles. The monoisotopic (exact) mass is 603 g/mol. The lowest BCUT2D eigenvalue weighted by atomic mass is 9.82. The zero-order chi connectivity index (χ0) is 29.4. The topological polar surface area (TPSA) is 145 Å². The van der Waals surface area contributed by atoms with E-state index in [0.29, 0.717) is 18.6 Å². The van der Waals surface area contributed by atoms with Crippen LogP contribution in [-0.4, -0.2) is 61.1 Å². The molecule has 2 aromatic carbocycles. The van der Waals surface area contributed by atoms with Gasteiger partial charge in [-0.2, -0.15) is 0 Å². The average molecular weight is 604 g/mol. The van der Waals surface area contributed by atoms with Gasteiger partial charge >= 0.3 is 6.03 Å². The van der Waals surface area contributed by atoms with Gasteiger partial charge in [-0.3, -0.25) is 4.79 Å². The summed E-state index contributed by atoms with van der Waals surface area (Å²) in [4.78, 5) is 24.8. The number of urea groups is 1. The zero-order valence-corrected chi connectivity index (χ0v) is 22.9. The van der Waals surface area contributed by atoms with E-state index in [2.05, 4.69) is 16.0 Å². The lowest BCUT2D eigenvalue weighted by Crippen LogP contribution is -2.52. The van der Waals surface area contributed by atoms with E-state index in [0.717, 1.165) is 6.07 Å². The van der Waals surface area contributed by atoms with Crippen molar-refractivity contribution in [3.63, 3.8) is 0 Å². The highest BCUT2D eigenvalue weighted by Crippen LogP contribution is 2.49. The van der Waals surface area contributed by atoms with Gasteiger partial charge in [-0.05, 0) is 55.2 Å². The Labute approximate surface area is 234 Å². The van der Waals surface area contributed by atoms with Gasteiger partial charge in [0.25, 0.3) is 5.91 Å². The molecule has 6 atom stereocenters. The molecule has 3 amide bonds. The number of rotatable bonds is 8. The minimum Gasteiger partial charge on any atom is -0.394 e. The maximum atomic E-state index is 13.7. The van der Waals surface area contributed by atoms with E-state index >= 15 is 0 Å². The number of anilines is 1. The molecule has 2 fully saturated rings. The summed E-state index contributed by atoms with van der Waals surface area (Å²) < 4.78 is 67.8. The van der Waals surface area contributed by atoms with Gasteiger partial charge in [0.2, 0.25) is 0 Å². The van der Waals surface area contributed by atoms with Crippen LogP contribution in [0.15, 0.2) is 35.2 Å². The van der Waals surface area contributed by atoms with Crippen LogP contribution in [0.25, 0.3) is 0 Å². The van der Waals surface area contributed by atoms with Crippen molar-refractivity contribution in [1.82, 2.24) is 10.6 Å². The quantitative estimate of drug-likeness (QED) is 0.293. The molecule has 5 N–H and O–H groups in total. The predicted molar refractivity (Wildman–Crippen MR) is 140 cm³/mol. The third-order valence-electron chi connectivity index (χ3n) is 7.66. The molecule has 2 aromatic rings. The molecule has 14 heteroatoms. The summed E-state index contributed by atoms with van der Waals surface area (Å²) in [5.41, 5.74) is -0.492. The summed E-state index contributed by atoms with van der Waals surface area (Å²) in [5, 5.41) is 25.0. The lowest BCUT2D eigenvalue weighted by molar-refractivity contribution is 0.0954. The number of nitrogens with one attached hydrogen (secondary N) is 3. The third kappa shape index (κ3) is 6.22. The number of sulfone groups is 1. The van der Waals surface area contributed by atoms with Gasteiger partial charge in [-0.1, -0.05) is 18.5 Å². The Morgan fingerprint density at radius 1 is 1.10 bits per heavy atom. The van der Waals surface area contributed by atoms with E-state index in [1.54, 1.807) is 0 Å². The molecule has 9 nitrogen and oxygen atoms in total. The number of benzene rings is 2. The van der Waals surface area contributed by atoms with Crippen LogP contribution in [0.4, 0.5) is 23.7 Å². The Balaban J connectivity index is 1.50. The summed E-state index contributed by atoms with van der Waals surface area (Å²) in [6.45, 7) is 1.35. The van der Waals surface area contributed by atoms with Gasteiger partial charge in [0, 0.05) is 36.0 Å². The number of fused-ring (bicyclic) bond motifs is 2. The Bertz CT molecular complexity index is 1390. The van der Waals surface area contributed by atoms with Crippen LogP contribution in [0.3, 0.4) is 0 Å². The Kier molecular flexibility index (Phi) is 8.98. The number of hydrogen-bond acceptors (Lipinski definition) is 6. The Morgan fingerprint density at radius 3 is 2.40 bits per heavy atom. The first-order valence-corrected chi connectivity index (χ1v) is 14.6. The molecule has 218 valence electrons. The Hall–Kier alpha value is -2.87. The summed E-state index contributed by atoms with van der Waals surface area (Å²) in [7, 11) is -4.04. The normalized spacial score (nSPS) is 24.8. The molecule has 0 radical (unpaired) electrons.